The molecule has 0 aliphatic carbocycles. The monoisotopic (exact) mass is 220 g/mol. The average molecular weight is 220 g/mol. The van der Waals surface area contributed by atoms with E-state index in [9.17, 15) is 14.0 Å². The zero-order valence-corrected chi connectivity index (χ0v) is 9.12. The summed E-state index contributed by atoms with van der Waals surface area (Å²) >= 11 is 0. The number of rotatable bonds is 4. The molecule has 4 N–H and O–H groups in total. The van der Waals surface area contributed by atoms with Crippen molar-refractivity contribution in [3.05, 3.63) is 0 Å². The van der Waals surface area contributed by atoms with Crippen LogP contribution >= 0.6 is 0 Å². The van der Waals surface area contributed by atoms with Gasteiger partial charge in [-0.25, -0.2) is 4.39 Å². The highest BCUT2D eigenvalue weighted by molar-refractivity contribution is 5.81. The molecular formula is C9H17FN2O3. The first-order valence-electron chi connectivity index (χ1n) is 4.55. The third-order valence-corrected chi connectivity index (χ3v) is 1.48. The van der Waals surface area contributed by atoms with Crippen molar-refractivity contribution in [3.63, 3.8) is 0 Å². The number of esters is 1. The summed E-state index contributed by atoms with van der Waals surface area (Å²) in [6.07, 6.45) is -2.38. The van der Waals surface area contributed by atoms with Gasteiger partial charge in [-0.2, -0.15) is 0 Å². The van der Waals surface area contributed by atoms with Crippen LogP contribution in [0, 0.1) is 0 Å². The van der Waals surface area contributed by atoms with Crippen molar-refractivity contribution >= 4 is 11.9 Å². The largest absolute Gasteiger partial charge is 0.459 e. The van der Waals surface area contributed by atoms with Crippen molar-refractivity contribution in [1.82, 2.24) is 0 Å². The Kier molecular flexibility index (Phi) is 4.67. The van der Waals surface area contributed by atoms with Crippen LogP contribution in [0.15, 0.2) is 0 Å². The van der Waals surface area contributed by atoms with E-state index in [1.54, 1.807) is 20.8 Å². The molecule has 0 rings (SSSR count). The first kappa shape index (κ1) is 13.8. The van der Waals surface area contributed by atoms with Crippen molar-refractivity contribution < 1.29 is 18.7 Å². The number of alkyl halides is 1. The summed E-state index contributed by atoms with van der Waals surface area (Å²) in [5, 5.41) is 0. The number of primary amides is 1. The Labute approximate surface area is 87.9 Å². The van der Waals surface area contributed by atoms with Gasteiger partial charge in [0, 0.05) is 6.42 Å². The van der Waals surface area contributed by atoms with Crippen molar-refractivity contribution in [1.29, 1.82) is 0 Å². The van der Waals surface area contributed by atoms with E-state index in [0.717, 1.165) is 0 Å². The Bertz CT molecular complexity index is 250. The van der Waals surface area contributed by atoms with Gasteiger partial charge in [0.1, 0.15) is 11.6 Å². The van der Waals surface area contributed by atoms with Crippen LogP contribution in [0.4, 0.5) is 4.39 Å². The highest BCUT2D eigenvalue weighted by Crippen LogP contribution is 2.10. The molecule has 0 aliphatic rings. The molecule has 0 unspecified atom stereocenters. The van der Waals surface area contributed by atoms with Crippen molar-refractivity contribution in [3.8, 4) is 0 Å². The molecule has 88 valence electrons. The van der Waals surface area contributed by atoms with Crippen LogP contribution in [0.2, 0.25) is 0 Å². The van der Waals surface area contributed by atoms with Crippen molar-refractivity contribution in [2.75, 3.05) is 0 Å². The lowest BCUT2D eigenvalue weighted by atomic mass is 10.1. The summed E-state index contributed by atoms with van der Waals surface area (Å²) in [7, 11) is 0. The Balaban J connectivity index is 4.17. The molecule has 0 aliphatic heterocycles. The van der Waals surface area contributed by atoms with Crippen LogP contribution in [0.5, 0.6) is 0 Å². The molecule has 0 aromatic rings. The van der Waals surface area contributed by atoms with Gasteiger partial charge in [-0.05, 0) is 20.8 Å². The van der Waals surface area contributed by atoms with Gasteiger partial charge in [0.2, 0.25) is 0 Å². The number of halogens is 1. The highest BCUT2D eigenvalue weighted by Gasteiger charge is 2.26. The van der Waals surface area contributed by atoms with Crippen LogP contribution in [0.3, 0.4) is 0 Å². The van der Waals surface area contributed by atoms with Crippen molar-refractivity contribution in [2.45, 2.75) is 45.0 Å². The van der Waals surface area contributed by atoms with Gasteiger partial charge >= 0.3 is 5.97 Å². The molecule has 0 bridgehead atoms. The molecule has 15 heavy (non-hydrogen) atoms. The molecule has 2 atom stereocenters. The molecule has 0 heterocycles. The van der Waals surface area contributed by atoms with E-state index in [-0.39, 0.29) is 0 Å². The Morgan fingerprint density at radius 3 is 2.20 bits per heavy atom. The first-order valence-corrected chi connectivity index (χ1v) is 4.55. The maximum absolute atomic E-state index is 12.8. The van der Waals surface area contributed by atoms with Crippen LogP contribution in [-0.2, 0) is 14.3 Å². The number of hydrogen-bond donors (Lipinski definition) is 2. The number of carbonyl (C=O) groups is 2. The number of nitrogens with two attached hydrogens (primary N) is 2. The fraction of sp³-hybridized carbons (Fsp3) is 0.778. The molecule has 0 radical (unpaired) electrons. The number of hydrogen-bond acceptors (Lipinski definition) is 4. The molecule has 0 aromatic heterocycles. The molecule has 1 amide bonds. The Morgan fingerprint density at radius 1 is 1.40 bits per heavy atom. The Hall–Kier alpha value is -1.17. The third kappa shape index (κ3) is 6.01. The van der Waals surface area contributed by atoms with E-state index in [4.69, 9.17) is 16.2 Å². The SMILES string of the molecule is CC(C)(C)OC(=O)[C@@H](N)C[C@H](F)C(N)=O. The molecular weight excluding hydrogens is 203 g/mol. The summed E-state index contributed by atoms with van der Waals surface area (Å²) in [6, 6.07) is -1.17. The maximum atomic E-state index is 12.8. The van der Waals surface area contributed by atoms with Crippen LogP contribution in [0.1, 0.15) is 27.2 Å². The minimum Gasteiger partial charge on any atom is -0.459 e. The zero-order valence-electron chi connectivity index (χ0n) is 9.12. The topological polar surface area (TPSA) is 95.4 Å². The standard InChI is InChI=1S/C9H17FN2O3/c1-9(2,3)15-8(14)6(11)4-5(10)7(12)13/h5-6H,4,11H2,1-3H3,(H2,12,13)/t5-,6-/m0/s1. The van der Waals surface area contributed by atoms with Gasteiger partial charge in [0.25, 0.3) is 5.91 Å². The van der Waals surface area contributed by atoms with Crippen LogP contribution in [0.25, 0.3) is 0 Å². The fourth-order valence-electron chi connectivity index (χ4n) is 0.813. The number of carbonyl (C=O) groups excluding carboxylic acids is 2. The molecule has 0 spiro atoms. The van der Waals surface area contributed by atoms with Gasteiger partial charge < -0.3 is 16.2 Å². The molecule has 0 saturated heterocycles. The summed E-state index contributed by atoms with van der Waals surface area (Å²) in [5.74, 6) is -1.87. The predicted molar refractivity (Wildman–Crippen MR) is 52.5 cm³/mol. The molecule has 0 saturated carbocycles. The van der Waals surface area contributed by atoms with E-state index in [0.29, 0.717) is 0 Å². The lowest BCUT2D eigenvalue weighted by Gasteiger charge is -2.22. The normalized spacial score (nSPS) is 15.5. The van der Waals surface area contributed by atoms with E-state index in [1.807, 2.05) is 0 Å². The van der Waals surface area contributed by atoms with E-state index in [1.165, 1.54) is 0 Å². The number of ether oxygens (including phenoxy) is 1. The van der Waals surface area contributed by atoms with Gasteiger partial charge in [0.15, 0.2) is 6.17 Å². The molecule has 5 nitrogen and oxygen atoms in total. The average Bonchev–Trinajstić information content (AvgIpc) is 2.00. The molecule has 0 aromatic carbocycles. The maximum Gasteiger partial charge on any atom is 0.323 e. The summed E-state index contributed by atoms with van der Waals surface area (Å²) < 4.78 is 17.7. The minimum atomic E-state index is -1.92. The third-order valence-electron chi connectivity index (χ3n) is 1.48. The highest BCUT2D eigenvalue weighted by atomic mass is 19.1. The second-order valence-electron chi connectivity index (χ2n) is 4.25. The van der Waals surface area contributed by atoms with Crippen LogP contribution in [-0.4, -0.2) is 29.7 Å². The first-order chi connectivity index (χ1) is 6.63. The Morgan fingerprint density at radius 2 is 1.87 bits per heavy atom. The lowest BCUT2D eigenvalue weighted by Crippen LogP contribution is -2.41. The van der Waals surface area contributed by atoms with E-state index in [2.05, 4.69) is 0 Å². The van der Waals surface area contributed by atoms with Gasteiger partial charge in [-0.3, -0.25) is 9.59 Å². The number of amides is 1. The van der Waals surface area contributed by atoms with Crippen LogP contribution < -0.4 is 11.5 Å². The second-order valence-corrected chi connectivity index (χ2v) is 4.25. The lowest BCUT2D eigenvalue weighted by molar-refractivity contribution is -0.157. The predicted octanol–water partition coefficient (Wildman–Crippen LogP) is -0.131. The van der Waals surface area contributed by atoms with E-state index < -0.39 is 36.1 Å². The fourth-order valence-corrected chi connectivity index (χ4v) is 0.813. The molecule has 6 heteroatoms. The minimum absolute atomic E-state index is 0.454. The molecule has 0 fully saturated rings. The second kappa shape index (κ2) is 5.06. The smallest absolute Gasteiger partial charge is 0.323 e. The summed E-state index contributed by atoms with van der Waals surface area (Å²) in [4.78, 5) is 21.6. The zero-order chi connectivity index (χ0) is 12.2. The van der Waals surface area contributed by atoms with Gasteiger partial charge in [0.05, 0.1) is 0 Å². The quantitative estimate of drug-likeness (QED) is 0.645. The summed E-state index contributed by atoms with van der Waals surface area (Å²) in [5.41, 5.74) is 9.34. The van der Waals surface area contributed by atoms with E-state index >= 15 is 0 Å². The van der Waals surface area contributed by atoms with Gasteiger partial charge in [-0.15, -0.1) is 0 Å². The van der Waals surface area contributed by atoms with Crippen molar-refractivity contribution in [2.24, 2.45) is 11.5 Å². The van der Waals surface area contributed by atoms with Gasteiger partial charge in [-0.1, -0.05) is 0 Å². The summed E-state index contributed by atoms with van der Waals surface area (Å²) in [6.45, 7) is 5.00.